The van der Waals surface area contributed by atoms with Crippen molar-refractivity contribution in [2.45, 2.75) is 13.8 Å². The van der Waals surface area contributed by atoms with Crippen LogP contribution in [0.2, 0.25) is 0 Å². The summed E-state index contributed by atoms with van der Waals surface area (Å²) in [5.74, 6) is -2.18. The van der Waals surface area contributed by atoms with Crippen LogP contribution in [0.5, 0.6) is 0 Å². The molecule has 0 aliphatic carbocycles. The molecule has 4 nitrogen and oxygen atoms in total. The fraction of sp³-hybridized carbons (Fsp3) is 0.167. The molecule has 2 heterocycles. The number of fused-ring (bicyclic) bond motifs is 1. The Morgan fingerprint density at radius 3 is 2.57 bits per heavy atom. The van der Waals surface area contributed by atoms with Gasteiger partial charge in [-0.25, -0.2) is 0 Å². The maximum atomic E-state index is 12.9. The van der Waals surface area contributed by atoms with Crippen molar-refractivity contribution < 1.29 is 9.59 Å². The van der Waals surface area contributed by atoms with Crippen LogP contribution in [0.15, 0.2) is 35.7 Å². The van der Waals surface area contributed by atoms with Crippen LogP contribution in [-0.4, -0.2) is 16.6 Å². The lowest BCUT2D eigenvalue weighted by Gasteiger charge is -2.07. The quantitative estimate of drug-likeness (QED) is 0.581. The minimum atomic E-state index is -1.31. The molecule has 114 valence electrons. The third kappa shape index (κ3) is 2.47. The first-order valence-electron chi connectivity index (χ1n) is 7.14. The molecule has 5 heteroatoms. The summed E-state index contributed by atoms with van der Waals surface area (Å²) in [6, 6.07) is 11.1. The van der Waals surface area contributed by atoms with E-state index in [-0.39, 0.29) is 0 Å². The first-order chi connectivity index (χ1) is 11.0. The lowest BCUT2D eigenvalue weighted by molar-refractivity contribution is 0.0849. The zero-order valence-electron chi connectivity index (χ0n) is 12.7. The highest BCUT2D eigenvalue weighted by molar-refractivity contribution is 7.12. The molecular weight excluding hydrogens is 308 g/mol. The first-order valence-corrected chi connectivity index (χ1v) is 8.02. The topological polar surface area (TPSA) is 73.7 Å². The molecule has 1 aromatic carbocycles. The van der Waals surface area contributed by atoms with E-state index in [1.54, 1.807) is 19.2 Å². The van der Waals surface area contributed by atoms with E-state index in [1.165, 1.54) is 11.3 Å². The number of nitrogens with one attached hydrogen (secondary N) is 1. The number of ketones is 2. The molecular formula is C18H14N2O2S. The second kappa shape index (κ2) is 5.82. The second-order valence-corrected chi connectivity index (χ2v) is 6.31. The van der Waals surface area contributed by atoms with Crippen LogP contribution in [0.1, 0.15) is 31.3 Å². The van der Waals surface area contributed by atoms with Crippen molar-refractivity contribution >= 4 is 33.8 Å². The predicted octanol–water partition coefficient (Wildman–Crippen LogP) is 4.05. The van der Waals surface area contributed by atoms with Gasteiger partial charge in [0.25, 0.3) is 0 Å². The van der Waals surface area contributed by atoms with Gasteiger partial charge in [-0.3, -0.25) is 9.59 Å². The Bertz CT molecular complexity index is 959. The van der Waals surface area contributed by atoms with E-state index in [4.69, 9.17) is 0 Å². The number of benzene rings is 1. The molecule has 3 rings (SSSR count). The Hall–Kier alpha value is -2.71. The van der Waals surface area contributed by atoms with Crippen molar-refractivity contribution in [1.29, 1.82) is 5.26 Å². The number of Topliss-reactive ketones (excluding diaryl/α,β-unsaturated/α-hetero) is 2. The van der Waals surface area contributed by atoms with Crippen LogP contribution in [-0.2, 0) is 0 Å². The number of aromatic amines is 1. The molecule has 0 aliphatic heterocycles. The summed E-state index contributed by atoms with van der Waals surface area (Å²) < 4.78 is 0. The van der Waals surface area contributed by atoms with E-state index < -0.39 is 17.5 Å². The number of aryl methyl sites for hydroxylation is 2. The number of carbonyl (C=O) groups is 2. The number of hydrogen-bond acceptors (Lipinski definition) is 4. The summed E-state index contributed by atoms with van der Waals surface area (Å²) in [6.45, 7) is 3.59. The average molecular weight is 322 g/mol. The van der Waals surface area contributed by atoms with Gasteiger partial charge >= 0.3 is 0 Å². The minimum absolute atomic E-state index is 0.422. The van der Waals surface area contributed by atoms with Crippen molar-refractivity contribution in [2.75, 3.05) is 0 Å². The average Bonchev–Trinajstić information content (AvgIpc) is 3.09. The summed E-state index contributed by atoms with van der Waals surface area (Å²) in [5.41, 5.74) is 2.72. The minimum Gasteiger partial charge on any atom is -0.358 e. The number of thiophene rings is 1. The summed E-state index contributed by atoms with van der Waals surface area (Å²) in [4.78, 5) is 29.1. The monoisotopic (exact) mass is 322 g/mol. The number of nitriles is 1. The van der Waals surface area contributed by atoms with E-state index in [0.29, 0.717) is 16.1 Å². The number of nitrogens with zero attached hydrogens (tertiary/aromatic N) is 1. The predicted molar refractivity (Wildman–Crippen MR) is 89.9 cm³/mol. The van der Waals surface area contributed by atoms with Crippen LogP contribution in [0.25, 0.3) is 10.9 Å². The maximum absolute atomic E-state index is 12.9. The largest absolute Gasteiger partial charge is 0.358 e. The molecule has 0 saturated heterocycles. The van der Waals surface area contributed by atoms with Crippen LogP contribution in [0.4, 0.5) is 0 Å². The molecule has 3 aromatic rings. The third-order valence-electron chi connectivity index (χ3n) is 3.88. The molecule has 0 radical (unpaired) electrons. The highest BCUT2D eigenvalue weighted by Gasteiger charge is 2.32. The van der Waals surface area contributed by atoms with Crippen molar-refractivity contribution in [1.82, 2.24) is 4.98 Å². The van der Waals surface area contributed by atoms with Crippen molar-refractivity contribution in [3.05, 3.63) is 57.4 Å². The van der Waals surface area contributed by atoms with Crippen molar-refractivity contribution in [3.63, 3.8) is 0 Å². The SMILES string of the molecule is Cc1ccsc1C(=O)[C@H](C#N)C(=O)c1c(C)[nH]c2ccccc12. The fourth-order valence-corrected chi connectivity index (χ4v) is 3.63. The van der Waals surface area contributed by atoms with Gasteiger partial charge in [-0.15, -0.1) is 11.3 Å². The van der Waals surface area contributed by atoms with E-state index in [1.807, 2.05) is 36.4 Å². The summed E-state index contributed by atoms with van der Waals surface area (Å²) in [5, 5.41) is 12.0. The third-order valence-corrected chi connectivity index (χ3v) is 4.91. The van der Waals surface area contributed by atoms with E-state index >= 15 is 0 Å². The van der Waals surface area contributed by atoms with Crippen LogP contribution >= 0.6 is 11.3 Å². The molecule has 0 amide bonds. The number of para-hydroxylation sites is 1. The Labute approximate surface area is 137 Å². The lowest BCUT2D eigenvalue weighted by Crippen LogP contribution is -2.23. The second-order valence-electron chi connectivity index (χ2n) is 5.39. The van der Waals surface area contributed by atoms with Gasteiger partial charge in [0.05, 0.1) is 10.9 Å². The molecule has 1 N–H and O–H groups in total. The van der Waals surface area contributed by atoms with Gasteiger partial charge in [0.15, 0.2) is 17.5 Å². The number of aromatic nitrogens is 1. The zero-order chi connectivity index (χ0) is 16.6. The van der Waals surface area contributed by atoms with Gasteiger partial charge in [0, 0.05) is 22.2 Å². The van der Waals surface area contributed by atoms with E-state index in [2.05, 4.69) is 4.98 Å². The Morgan fingerprint density at radius 2 is 1.91 bits per heavy atom. The van der Waals surface area contributed by atoms with Crippen LogP contribution in [0, 0.1) is 31.1 Å². The molecule has 0 unspecified atom stereocenters. The fourth-order valence-electron chi connectivity index (χ4n) is 2.73. The van der Waals surface area contributed by atoms with Gasteiger partial charge in [-0.1, -0.05) is 18.2 Å². The molecule has 0 saturated carbocycles. The van der Waals surface area contributed by atoms with Crippen LogP contribution in [0.3, 0.4) is 0 Å². The smallest absolute Gasteiger partial charge is 0.198 e. The standard InChI is InChI=1S/C18H14N2O2S/c1-10-7-8-23-18(10)17(22)13(9-19)16(21)15-11(2)20-14-6-4-3-5-12(14)15/h3-8,13,20H,1-2H3/t13-/m1/s1. The number of hydrogen-bond donors (Lipinski definition) is 1. The normalized spacial score (nSPS) is 12.0. The summed E-state index contributed by atoms with van der Waals surface area (Å²) >= 11 is 1.26. The van der Waals surface area contributed by atoms with Crippen molar-refractivity contribution in [3.8, 4) is 6.07 Å². The summed E-state index contributed by atoms with van der Waals surface area (Å²) in [6.07, 6.45) is 0. The van der Waals surface area contributed by atoms with Gasteiger partial charge < -0.3 is 4.98 Å². The summed E-state index contributed by atoms with van der Waals surface area (Å²) in [7, 11) is 0. The van der Waals surface area contributed by atoms with Gasteiger partial charge in [-0.05, 0) is 36.9 Å². The number of carbonyl (C=O) groups excluding carboxylic acids is 2. The Morgan fingerprint density at radius 1 is 1.17 bits per heavy atom. The maximum Gasteiger partial charge on any atom is 0.198 e. The Balaban J connectivity index is 2.07. The molecule has 0 spiro atoms. The molecule has 1 atom stereocenters. The number of H-pyrrole nitrogens is 1. The van der Waals surface area contributed by atoms with E-state index in [0.717, 1.165) is 16.5 Å². The molecule has 0 bridgehead atoms. The zero-order valence-corrected chi connectivity index (χ0v) is 13.5. The highest BCUT2D eigenvalue weighted by atomic mass is 32.1. The van der Waals surface area contributed by atoms with E-state index in [9.17, 15) is 14.9 Å². The first kappa shape index (κ1) is 15.2. The van der Waals surface area contributed by atoms with Gasteiger partial charge in [0.2, 0.25) is 0 Å². The lowest BCUT2D eigenvalue weighted by atomic mass is 9.92. The molecule has 0 aliphatic rings. The Kier molecular flexibility index (Phi) is 3.85. The number of rotatable bonds is 4. The molecule has 23 heavy (non-hydrogen) atoms. The van der Waals surface area contributed by atoms with Crippen molar-refractivity contribution in [2.24, 2.45) is 5.92 Å². The highest BCUT2D eigenvalue weighted by Crippen LogP contribution is 2.27. The van der Waals surface area contributed by atoms with Gasteiger partial charge in [-0.2, -0.15) is 5.26 Å². The van der Waals surface area contributed by atoms with Gasteiger partial charge in [0.1, 0.15) is 0 Å². The molecule has 2 aromatic heterocycles. The van der Waals surface area contributed by atoms with Crippen LogP contribution < -0.4 is 0 Å². The molecule has 0 fully saturated rings.